The molecule has 1 fully saturated rings. The Morgan fingerprint density at radius 3 is 2.48 bits per heavy atom. The van der Waals surface area contributed by atoms with E-state index < -0.39 is 0 Å². The molecule has 0 aliphatic carbocycles. The molecule has 1 saturated heterocycles. The van der Waals surface area contributed by atoms with Gasteiger partial charge in [0, 0.05) is 25.7 Å². The Morgan fingerprint density at radius 2 is 1.78 bits per heavy atom. The van der Waals surface area contributed by atoms with Crippen LogP contribution >= 0.6 is 0 Å². The normalized spacial score (nSPS) is 19.6. The number of phenolic OH excluding ortho intramolecular Hbond substituents is 1. The molecular weight excluding hydrogens is 342 g/mol. The number of phenols is 1. The molecule has 2 aromatic rings. The molecular formula is C21H27N3O3. The zero-order valence-electron chi connectivity index (χ0n) is 16.1. The van der Waals surface area contributed by atoms with Crippen molar-refractivity contribution in [2.24, 2.45) is 0 Å². The van der Waals surface area contributed by atoms with Gasteiger partial charge in [-0.25, -0.2) is 4.79 Å². The molecule has 2 atom stereocenters. The van der Waals surface area contributed by atoms with Gasteiger partial charge in [-0.2, -0.15) is 0 Å². The van der Waals surface area contributed by atoms with Crippen LogP contribution in [0.25, 0.3) is 0 Å². The van der Waals surface area contributed by atoms with Crippen molar-refractivity contribution in [1.82, 2.24) is 4.90 Å². The third-order valence-electron chi connectivity index (χ3n) is 4.65. The maximum absolute atomic E-state index is 12.7. The van der Waals surface area contributed by atoms with Gasteiger partial charge in [0.2, 0.25) is 0 Å². The molecule has 1 aliphatic rings. The molecule has 0 aromatic heterocycles. The second kappa shape index (κ2) is 8.31. The lowest BCUT2D eigenvalue weighted by Crippen LogP contribution is -2.45. The monoisotopic (exact) mass is 369 g/mol. The number of anilines is 2. The molecule has 0 unspecified atom stereocenters. The Balaban J connectivity index is 1.72. The summed E-state index contributed by atoms with van der Waals surface area (Å²) in [5.41, 5.74) is 2.47. The van der Waals surface area contributed by atoms with Crippen molar-refractivity contribution in [3.05, 3.63) is 54.1 Å². The first-order valence-corrected chi connectivity index (χ1v) is 9.22. The predicted octanol–water partition coefficient (Wildman–Crippen LogP) is 3.67. The van der Waals surface area contributed by atoms with Crippen molar-refractivity contribution in [2.45, 2.75) is 32.6 Å². The van der Waals surface area contributed by atoms with Crippen LogP contribution in [0, 0.1) is 0 Å². The number of amides is 2. The van der Waals surface area contributed by atoms with Crippen LogP contribution in [0.3, 0.4) is 0 Å². The van der Waals surface area contributed by atoms with E-state index in [2.05, 4.69) is 24.1 Å². The molecule has 0 bridgehead atoms. The number of hydrogen-bond donors (Lipinski definition) is 2. The lowest BCUT2D eigenvalue weighted by atomic mass is 10.1. The average molecular weight is 369 g/mol. The summed E-state index contributed by atoms with van der Waals surface area (Å²) >= 11 is 0. The Labute approximate surface area is 160 Å². The summed E-state index contributed by atoms with van der Waals surface area (Å²) in [4.78, 5) is 16.5. The molecule has 0 saturated carbocycles. The van der Waals surface area contributed by atoms with Gasteiger partial charge in [0.1, 0.15) is 5.75 Å². The number of ether oxygens (including phenoxy) is 1. The van der Waals surface area contributed by atoms with Crippen molar-refractivity contribution in [2.75, 3.05) is 30.4 Å². The van der Waals surface area contributed by atoms with Crippen LogP contribution in [-0.2, 0) is 11.3 Å². The van der Waals surface area contributed by atoms with Gasteiger partial charge in [0.05, 0.1) is 30.1 Å². The minimum Gasteiger partial charge on any atom is -0.508 e. The molecule has 2 N–H and O–H groups in total. The number of nitrogens with one attached hydrogen (secondary N) is 1. The van der Waals surface area contributed by atoms with Crippen molar-refractivity contribution in [1.29, 1.82) is 0 Å². The van der Waals surface area contributed by atoms with Crippen molar-refractivity contribution < 1.29 is 14.6 Å². The summed E-state index contributed by atoms with van der Waals surface area (Å²) in [6.45, 7) is 6.01. The van der Waals surface area contributed by atoms with Crippen LogP contribution < -0.4 is 10.2 Å². The van der Waals surface area contributed by atoms with E-state index in [1.807, 2.05) is 36.4 Å². The van der Waals surface area contributed by atoms with Crippen LogP contribution in [0.4, 0.5) is 16.2 Å². The largest absolute Gasteiger partial charge is 0.508 e. The van der Waals surface area contributed by atoms with E-state index in [0.29, 0.717) is 12.1 Å². The lowest BCUT2D eigenvalue weighted by molar-refractivity contribution is -0.00517. The summed E-state index contributed by atoms with van der Waals surface area (Å²) in [7, 11) is 1.71. The molecule has 144 valence electrons. The minimum atomic E-state index is -0.222. The first kappa shape index (κ1) is 19.0. The fourth-order valence-electron chi connectivity index (χ4n) is 3.41. The number of carbonyl (C=O) groups is 1. The fraction of sp³-hybridized carbons (Fsp3) is 0.381. The van der Waals surface area contributed by atoms with Gasteiger partial charge in [0.25, 0.3) is 0 Å². The third kappa shape index (κ3) is 4.71. The number of rotatable bonds is 4. The van der Waals surface area contributed by atoms with Gasteiger partial charge in [-0.15, -0.1) is 0 Å². The molecule has 3 rings (SSSR count). The van der Waals surface area contributed by atoms with Gasteiger partial charge < -0.3 is 25.0 Å². The highest BCUT2D eigenvalue weighted by atomic mass is 16.5. The number of para-hydroxylation sites is 3. The lowest BCUT2D eigenvalue weighted by Gasteiger charge is -2.37. The van der Waals surface area contributed by atoms with E-state index in [4.69, 9.17) is 4.74 Å². The molecule has 27 heavy (non-hydrogen) atoms. The minimum absolute atomic E-state index is 0.140. The van der Waals surface area contributed by atoms with Crippen LogP contribution in [0.5, 0.6) is 5.75 Å². The standard InChI is InChI=1S/C21H27N3O3/c1-15-12-24(13-16(2)27-15)19-10-6-5-9-18(19)22-21(26)23(3)14-17-8-4-7-11-20(17)25/h4-11,15-16,25H,12-14H2,1-3H3,(H,22,26)/t15-,16-/m0/s1. The molecule has 0 spiro atoms. The topological polar surface area (TPSA) is 65.0 Å². The van der Waals surface area contributed by atoms with Gasteiger partial charge in [-0.3, -0.25) is 0 Å². The average Bonchev–Trinajstić information content (AvgIpc) is 2.63. The number of aromatic hydroxyl groups is 1. The first-order valence-electron chi connectivity index (χ1n) is 9.22. The molecule has 6 heteroatoms. The molecule has 6 nitrogen and oxygen atoms in total. The van der Waals surface area contributed by atoms with Gasteiger partial charge in [-0.1, -0.05) is 30.3 Å². The van der Waals surface area contributed by atoms with Gasteiger partial charge in [0.15, 0.2) is 0 Å². The second-order valence-electron chi connectivity index (χ2n) is 7.09. The quantitative estimate of drug-likeness (QED) is 0.863. The smallest absolute Gasteiger partial charge is 0.321 e. The summed E-state index contributed by atoms with van der Waals surface area (Å²) in [6, 6.07) is 14.6. The Kier molecular flexibility index (Phi) is 5.86. The van der Waals surface area contributed by atoms with E-state index in [-0.39, 0.29) is 24.0 Å². The van der Waals surface area contributed by atoms with Crippen LogP contribution in [-0.4, -0.2) is 48.4 Å². The fourth-order valence-corrected chi connectivity index (χ4v) is 3.41. The highest BCUT2D eigenvalue weighted by molar-refractivity contribution is 5.93. The number of nitrogens with zero attached hydrogens (tertiary/aromatic N) is 2. The number of hydrogen-bond acceptors (Lipinski definition) is 4. The maximum Gasteiger partial charge on any atom is 0.321 e. The Hall–Kier alpha value is -2.73. The van der Waals surface area contributed by atoms with E-state index in [1.165, 1.54) is 0 Å². The SMILES string of the molecule is C[C@H]1CN(c2ccccc2NC(=O)N(C)Cc2ccccc2O)C[C@H](C)O1. The summed E-state index contributed by atoms with van der Waals surface area (Å²) in [5.74, 6) is 0.189. The van der Waals surface area contributed by atoms with Crippen molar-refractivity contribution in [3.63, 3.8) is 0 Å². The van der Waals surface area contributed by atoms with Crippen LogP contribution in [0.15, 0.2) is 48.5 Å². The number of benzene rings is 2. The number of carbonyl (C=O) groups excluding carboxylic acids is 1. The third-order valence-corrected chi connectivity index (χ3v) is 4.65. The van der Waals surface area contributed by atoms with Gasteiger partial charge >= 0.3 is 6.03 Å². The van der Waals surface area contributed by atoms with Crippen LogP contribution in [0.1, 0.15) is 19.4 Å². The zero-order valence-corrected chi connectivity index (χ0v) is 16.1. The summed E-state index contributed by atoms with van der Waals surface area (Å²) < 4.78 is 5.81. The molecule has 2 aromatic carbocycles. The summed E-state index contributed by atoms with van der Waals surface area (Å²) in [5, 5.41) is 12.9. The van der Waals surface area contributed by atoms with E-state index in [9.17, 15) is 9.90 Å². The molecule has 1 heterocycles. The van der Waals surface area contributed by atoms with Crippen molar-refractivity contribution >= 4 is 17.4 Å². The zero-order chi connectivity index (χ0) is 19.4. The number of urea groups is 1. The first-order chi connectivity index (χ1) is 12.9. The van der Waals surface area contributed by atoms with Crippen LogP contribution in [0.2, 0.25) is 0 Å². The van der Waals surface area contributed by atoms with E-state index >= 15 is 0 Å². The maximum atomic E-state index is 12.7. The summed E-state index contributed by atoms with van der Waals surface area (Å²) in [6.07, 6.45) is 0.280. The molecule has 1 aliphatic heterocycles. The number of morpholine rings is 1. The Morgan fingerprint density at radius 1 is 1.15 bits per heavy atom. The predicted molar refractivity (Wildman–Crippen MR) is 107 cm³/mol. The van der Waals surface area contributed by atoms with E-state index in [1.54, 1.807) is 24.1 Å². The molecule has 0 radical (unpaired) electrons. The Bertz CT molecular complexity index is 786. The van der Waals surface area contributed by atoms with Gasteiger partial charge in [-0.05, 0) is 32.0 Å². The highest BCUT2D eigenvalue weighted by Gasteiger charge is 2.24. The van der Waals surface area contributed by atoms with E-state index in [0.717, 1.165) is 24.5 Å². The van der Waals surface area contributed by atoms with Crippen molar-refractivity contribution in [3.8, 4) is 5.75 Å². The second-order valence-corrected chi connectivity index (χ2v) is 7.09. The highest BCUT2D eigenvalue weighted by Crippen LogP contribution is 2.29. The molecule has 2 amide bonds.